The largest absolute Gasteiger partial charge is 0.458 e. The number of esters is 1. The van der Waals surface area contributed by atoms with Crippen molar-refractivity contribution in [2.75, 3.05) is 19.8 Å². The van der Waals surface area contributed by atoms with Gasteiger partial charge >= 0.3 is 5.97 Å². The molecule has 4 aliphatic carbocycles. The topological polar surface area (TPSA) is 99.1 Å². The molecule has 0 amide bonds. The first-order valence-electron chi connectivity index (χ1n) is 11.9. The Morgan fingerprint density at radius 2 is 1.88 bits per heavy atom. The summed E-state index contributed by atoms with van der Waals surface area (Å²) in [6, 6.07) is 0. The third kappa shape index (κ3) is 2.93. The number of hydrogen-bond acceptors (Lipinski definition) is 7. The van der Waals surface area contributed by atoms with E-state index in [-0.39, 0.29) is 35.4 Å². The maximum absolute atomic E-state index is 13.7. The van der Waals surface area contributed by atoms with Gasteiger partial charge in [-0.3, -0.25) is 14.4 Å². The molecular weight excluding hydrogens is 412 g/mol. The Bertz CT molecular complexity index is 887. The summed E-state index contributed by atoms with van der Waals surface area (Å²) in [6.45, 7) is 6.14. The predicted molar refractivity (Wildman–Crippen MR) is 113 cm³/mol. The second-order valence-corrected chi connectivity index (χ2v) is 11.1. The monoisotopic (exact) mass is 446 g/mol. The average molecular weight is 447 g/mol. The molecule has 0 bridgehead atoms. The molecule has 0 aromatic rings. The molecule has 7 heteroatoms. The normalized spacial score (nSPS) is 44.4. The van der Waals surface area contributed by atoms with Crippen molar-refractivity contribution in [3.8, 4) is 0 Å². The Hall–Kier alpha value is -1.57. The minimum atomic E-state index is -1.64. The predicted octanol–water partition coefficient (Wildman–Crippen LogP) is 2.73. The standard InChI is InChI=1S/C25H34O7/c1-15(26)30-14-20(28)25(29)7-6-18-17-5-4-16-12-24(31-10-11-32-24)9-8-22(16,2)21(17)19(27)13-23(18,25)3/h4,17-18,21,29H,5-14H2,1-3H3/t17-,18-,21+,22+,23-,25-/m1/s1. The van der Waals surface area contributed by atoms with Gasteiger partial charge in [0.1, 0.15) is 11.4 Å². The van der Waals surface area contributed by atoms with Crippen LogP contribution in [-0.4, -0.2) is 53.9 Å². The zero-order chi connectivity index (χ0) is 22.9. The number of aliphatic hydroxyl groups is 1. The van der Waals surface area contributed by atoms with Crippen molar-refractivity contribution < 1.29 is 33.7 Å². The van der Waals surface area contributed by atoms with Crippen molar-refractivity contribution >= 4 is 17.5 Å². The van der Waals surface area contributed by atoms with Gasteiger partial charge in [0.15, 0.2) is 12.4 Å². The third-order valence-corrected chi connectivity index (χ3v) is 9.64. The van der Waals surface area contributed by atoms with E-state index in [4.69, 9.17) is 14.2 Å². The molecule has 0 unspecified atom stereocenters. The van der Waals surface area contributed by atoms with E-state index in [0.717, 1.165) is 19.3 Å². The highest BCUT2D eigenvalue weighted by Crippen LogP contribution is 2.67. The average Bonchev–Trinajstić information content (AvgIpc) is 3.29. The van der Waals surface area contributed by atoms with E-state index >= 15 is 0 Å². The van der Waals surface area contributed by atoms with E-state index in [1.165, 1.54) is 12.5 Å². The Morgan fingerprint density at radius 1 is 1.16 bits per heavy atom. The lowest BCUT2D eigenvalue weighted by molar-refractivity contribution is -0.190. The van der Waals surface area contributed by atoms with E-state index in [9.17, 15) is 19.5 Å². The molecule has 3 saturated carbocycles. The minimum Gasteiger partial charge on any atom is -0.458 e. The van der Waals surface area contributed by atoms with Gasteiger partial charge in [-0.1, -0.05) is 25.5 Å². The van der Waals surface area contributed by atoms with Crippen LogP contribution in [0, 0.1) is 28.6 Å². The van der Waals surface area contributed by atoms with Crippen LogP contribution in [0.25, 0.3) is 0 Å². The van der Waals surface area contributed by atoms with Gasteiger partial charge in [0.05, 0.1) is 13.2 Å². The second kappa shape index (κ2) is 7.21. The Morgan fingerprint density at radius 3 is 2.56 bits per heavy atom. The zero-order valence-corrected chi connectivity index (χ0v) is 19.3. The molecule has 0 radical (unpaired) electrons. The molecule has 7 nitrogen and oxygen atoms in total. The van der Waals surface area contributed by atoms with Gasteiger partial charge in [-0.2, -0.15) is 0 Å². The summed E-state index contributed by atoms with van der Waals surface area (Å²) in [6.07, 6.45) is 6.57. The molecule has 5 aliphatic rings. The first-order valence-corrected chi connectivity index (χ1v) is 11.9. The fraction of sp³-hybridized carbons (Fsp3) is 0.800. The number of fused-ring (bicyclic) bond motifs is 5. The maximum atomic E-state index is 13.7. The lowest BCUT2D eigenvalue weighted by Crippen LogP contribution is -2.61. The van der Waals surface area contributed by atoms with E-state index in [2.05, 4.69) is 13.0 Å². The summed E-state index contributed by atoms with van der Waals surface area (Å²) in [4.78, 5) is 37.9. The molecule has 6 atom stereocenters. The zero-order valence-electron chi connectivity index (χ0n) is 19.3. The Balaban J connectivity index is 1.44. The summed E-state index contributed by atoms with van der Waals surface area (Å²) in [7, 11) is 0. The van der Waals surface area contributed by atoms with Crippen LogP contribution in [0.2, 0.25) is 0 Å². The highest BCUT2D eigenvalue weighted by molar-refractivity contribution is 5.93. The van der Waals surface area contributed by atoms with E-state index in [1.807, 2.05) is 6.92 Å². The van der Waals surface area contributed by atoms with Crippen LogP contribution in [0.5, 0.6) is 0 Å². The maximum Gasteiger partial charge on any atom is 0.303 e. The van der Waals surface area contributed by atoms with Crippen molar-refractivity contribution in [2.45, 2.75) is 77.1 Å². The van der Waals surface area contributed by atoms with Gasteiger partial charge in [-0.05, 0) is 42.9 Å². The lowest BCUT2D eigenvalue weighted by Gasteiger charge is -2.58. The van der Waals surface area contributed by atoms with Gasteiger partial charge in [0.25, 0.3) is 0 Å². The summed E-state index contributed by atoms with van der Waals surface area (Å²) < 4.78 is 16.8. The first-order chi connectivity index (χ1) is 15.0. The van der Waals surface area contributed by atoms with Crippen molar-refractivity contribution in [1.82, 2.24) is 0 Å². The van der Waals surface area contributed by atoms with Gasteiger partial charge in [-0.15, -0.1) is 0 Å². The van der Waals surface area contributed by atoms with Crippen molar-refractivity contribution in [3.63, 3.8) is 0 Å². The molecule has 32 heavy (non-hydrogen) atoms. The first kappa shape index (κ1) is 22.2. The molecule has 1 spiro atoms. The van der Waals surface area contributed by atoms with Crippen LogP contribution < -0.4 is 0 Å². The molecular formula is C25H34O7. The number of carbonyl (C=O) groups is 3. The summed E-state index contributed by atoms with van der Waals surface area (Å²) in [5.74, 6) is -1.36. The molecule has 1 saturated heterocycles. The Labute approximate surface area is 188 Å². The van der Waals surface area contributed by atoms with Crippen molar-refractivity contribution in [1.29, 1.82) is 0 Å². The molecule has 1 heterocycles. The number of ether oxygens (including phenoxy) is 3. The van der Waals surface area contributed by atoms with Gasteiger partial charge in [0.2, 0.25) is 5.78 Å². The van der Waals surface area contributed by atoms with Crippen LogP contribution in [0.15, 0.2) is 11.6 Å². The smallest absolute Gasteiger partial charge is 0.303 e. The van der Waals surface area contributed by atoms with Gasteiger partial charge < -0.3 is 19.3 Å². The molecule has 0 aromatic heterocycles. The van der Waals surface area contributed by atoms with Gasteiger partial charge in [0, 0.05) is 37.5 Å². The molecule has 176 valence electrons. The molecule has 4 fully saturated rings. The van der Waals surface area contributed by atoms with E-state index in [0.29, 0.717) is 32.5 Å². The summed E-state index contributed by atoms with van der Waals surface area (Å²) >= 11 is 0. The quantitative estimate of drug-likeness (QED) is 0.526. The van der Waals surface area contributed by atoms with E-state index < -0.39 is 35.2 Å². The van der Waals surface area contributed by atoms with Crippen LogP contribution >= 0.6 is 0 Å². The Kier molecular flexibility index (Phi) is 5.01. The number of Topliss-reactive ketones (excluding diaryl/α,β-unsaturated/α-hetero) is 2. The number of ketones is 2. The lowest BCUT2D eigenvalue weighted by atomic mass is 9.46. The fourth-order valence-electron chi connectivity index (χ4n) is 7.93. The number of hydrogen-bond donors (Lipinski definition) is 1. The molecule has 1 N–H and O–H groups in total. The van der Waals surface area contributed by atoms with Crippen molar-refractivity contribution in [2.24, 2.45) is 28.6 Å². The number of rotatable bonds is 3. The molecule has 5 rings (SSSR count). The van der Waals surface area contributed by atoms with Crippen LogP contribution in [0.3, 0.4) is 0 Å². The minimum absolute atomic E-state index is 0.0703. The SMILES string of the molecule is CC(=O)OCC(=O)[C@]1(O)CC[C@@H]2[C@H]3CC=C4CC5(CC[C@]4(C)[C@@H]3C(=O)C[C@]21C)OCCO5. The molecule has 1 aliphatic heterocycles. The number of carbonyl (C=O) groups excluding carboxylic acids is 3. The second-order valence-electron chi connectivity index (χ2n) is 11.1. The van der Waals surface area contributed by atoms with Crippen LogP contribution in [0.1, 0.15) is 65.7 Å². The highest BCUT2D eigenvalue weighted by atomic mass is 16.7. The van der Waals surface area contributed by atoms with Gasteiger partial charge in [-0.25, -0.2) is 0 Å². The van der Waals surface area contributed by atoms with Crippen LogP contribution in [0.4, 0.5) is 0 Å². The summed E-state index contributed by atoms with van der Waals surface area (Å²) in [5.41, 5.74) is -1.44. The summed E-state index contributed by atoms with van der Waals surface area (Å²) in [5, 5.41) is 11.5. The fourth-order valence-corrected chi connectivity index (χ4v) is 7.93. The number of allylic oxidation sites excluding steroid dienone is 1. The van der Waals surface area contributed by atoms with Crippen molar-refractivity contribution in [3.05, 3.63) is 11.6 Å². The van der Waals surface area contributed by atoms with E-state index in [1.54, 1.807) is 0 Å². The molecule has 0 aromatic carbocycles. The van der Waals surface area contributed by atoms with Crippen LogP contribution in [-0.2, 0) is 28.6 Å². The third-order valence-electron chi connectivity index (χ3n) is 9.64. The highest BCUT2D eigenvalue weighted by Gasteiger charge is 2.68.